The molecule has 0 saturated carbocycles. The van der Waals surface area contributed by atoms with E-state index in [-0.39, 0.29) is 23.8 Å². The van der Waals surface area contributed by atoms with E-state index in [0.717, 1.165) is 24.2 Å². The van der Waals surface area contributed by atoms with Crippen molar-refractivity contribution in [2.24, 2.45) is 0 Å². The molecule has 5 nitrogen and oxygen atoms in total. The maximum absolute atomic E-state index is 12.3. The summed E-state index contributed by atoms with van der Waals surface area (Å²) >= 11 is 7.43. The summed E-state index contributed by atoms with van der Waals surface area (Å²) in [6.07, 6.45) is 1.55. The van der Waals surface area contributed by atoms with Crippen LogP contribution in [0.2, 0.25) is 5.02 Å². The van der Waals surface area contributed by atoms with Gasteiger partial charge in [0.15, 0.2) is 0 Å². The molecule has 3 rings (SSSR count). The third kappa shape index (κ3) is 5.40. The van der Waals surface area contributed by atoms with Crippen LogP contribution in [-0.4, -0.2) is 40.7 Å². The Balaban J connectivity index is 1.32. The molecule has 0 radical (unpaired) electrons. The fourth-order valence-electron chi connectivity index (χ4n) is 3.20. The van der Waals surface area contributed by atoms with E-state index in [0.29, 0.717) is 28.4 Å². The largest absolute Gasteiger partial charge is 0.349 e. The molecular weight excluding hydrogens is 408 g/mol. The van der Waals surface area contributed by atoms with Crippen LogP contribution in [0.15, 0.2) is 48.5 Å². The van der Waals surface area contributed by atoms with Crippen molar-refractivity contribution in [3.63, 3.8) is 0 Å². The van der Waals surface area contributed by atoms with Gasteiger partial charge >= 0.3 is 0 Å². The average Bonchev–Trinajstić information content (AvgIpc) is 2.96. The van der Waals surface area contributed by atoms with Crippen molar-refractivity contribution in [3.05, 3.63) is 70.2 Å². The smallest absolute Gasteiger partial charge is 0.261 e. The lowest BCUT2D eigenvalue weighted by Gasteiger charge is -2.15. The van der Waals surface area contributed by atoms with Crippen molar-refractivity contribution in [1.82, 2.24) is 10.2 Å². The first kappa shape index (κ1) is 21.4. The van der Waals surface area contributed by atoms with E-state index in [2.05, 4.69) is 5.32 Å². The number of fused-ring (bicyclic) bond motifs is 1. The first-order valence-electron chi connectivity index (χ1n) is 9.55. The molecule has 0 aromatic heterocycles. The Kier molecular flexibility index (Phi) is 7.34. The Hall–Kier alpha value is -2.31. The number of imide groups is 1. The fraction of sp³-hybridized carbons (Fsp3) is 0.318. The molecule has 2 aromatic rings. The molecule has 1 unspecified atom stereocenters. The first-order chi connectivity index (χ1) is 14.0. The number of nitrogens with one attached hydrogen (secondary N) is 1. The molecule has 152 valence electrons. The van der Waals surface area contributed by atoms with Crippen molar-refractivity contribution < 1.29 is 14.4 Å². The quantitative estimate of drug-likeness (QED) is 0.475. The molecule has 1 N–H and O–H groups in total. The third-order valence-corrected chi connectivity index (χ3v) is 6.07. The summed E-state index contributed by atoms with van der Waals surface area (Å²) in [7, 11) is 0. The van der Waals surface area contributed by atoms with Gasteiger partial charge in [0.1, 0.15) is 0 Å². The number of nitrogens with zero attached hydrogens (tertiary/aromatic N) is 1. The standard InChI is InChI=1S/C22H23ClN2O3S/c1-15(16-8-10-17(23)11-9-16)24-20(26)14-29-13-5-4-12-25-21(27)18-6-2-3-7-19(18)22(25)28/h2-3,6-11,15H,4-5,12-14H2,1H3,(H,24,26). The number of carbonyl (C=O) groups excluding carboxylic acids is 3. The van der Waals surface area contributed by atoms with Gasteiger partial charge in [-0.1, -0.05) is 35.9 Å². The zero-order chi connectivity index (χ0) is 20.8. The number of unbranched alkanes of at least 4 members (excludes halogenated alkanes) is 1. The molecule has 1 atom stereocenters. The van der Waals surface area contributed by atoms with Gasteiger partial charge in [0.2, 0.25) is 5.91 Å². The van der Waals surface area contributed by atoms with E-state index < -0.39 is 0 Å². The third-order valence-electron chi connectivity index (χ3n) is 4.78. The lowest BCUT2D eigenvalue weighted by atomic mass is 10.1. The molecule has 2 aromatic carbocycles. The Morgan fingerprint density at radius 2 is 1.66 bits per heavy atom. The van der Waals surface area contributed by atoms with E-state index in [1.807, 2.05) is 31.2 Å². The number of halogens is 1. The predicted octanol–water partition coefficient (Wildman–Crippen LogP) is 4.33. The summed E-state index contributed by atoms with van der Waals surface area (Å²) < 4.78 is 0. The summed E-state index contributed by atoms with van der Waals surface area (Å²) in [6, 6.07) is 14.3. The Bertz CT molecular complexity index is 866. The van der Waals surface area contributed by atoms with E-state index in [1.165, 1.54) is 4.90 Å². The minimum atomic E-state index is -0.214. The monoisotopic (exact) mass is 430 g/mol. The van der Waals surface area contributed by atoms with Crippen LogP contribution in [0.25, 0.3) is 0 Å². The summed E-state index contributed by atoms with van der Waals surface area (Å²) in [5, 5.41) is 3.64. The Morgan fingerprint density at radius 3 is 2.28 bits per heavy atom. The highest BCUT2D eigenvalue weighted by Gasteiger charge is 2.34. The molecule has 3 amide bonds. The van der Waals surface area contributed by atoms with Gasteiger partial charge in [0, 0.05) is 11.6 Å². The van der Waals surface area contributed by atoms with Crippen LogP contribution in [0.4, 0.5) is 0 Å². The van der Waals surface area contributed by atoms with Crippen molar-refractivity contribution in [2.75, 3.05) is 18.1 Å². The number of hydrogen-bond acceptors (Lipinski definition) is 4. The number of carbonyl (C=O) groups is 3. The van der Waals surface area contributed by atoms with Crippen molar-refractivity contribution in [3.8, 4) is 0 Å². The van der Waals surface area contributed by atoms with E-state index in [4.69, 9.17) is 11.6 Å². The highest BCUT2D eigenvalue weighted by molar-refractivity contribution is 7.99. The molecular formula is C22H23ClN2O3S. The number of hydrogen-bond donors (Lipinski definition) is 1. The molecule has 0 aliphatic carbocycles. The summed E-state index contributed by atoms with van der Waals surface area (Å²) in [5.41, 5.74) is 1.98. The van der Waals surface area contributed by atoms with Crippen LogP contribution < -0.4 is 5.32 Å². The van der Waals surface area contributed by atoms with Crippen molar-refractivity contribution in [1.29, 1.82) is 0 Å². The normalized spacial score (nSPS) is 14.1. The average molecular weight is 431 g/mol. The SMILES string of the molecule is CC(NC(=O)CSCCCCN1C(=O)c2ccccc2C1=O)c1ccc(Cl)cc1. The van der Waals surface area contributed by atoms with Gasteiger partial charge in [-0.2, -0.15) is 11.8 Å². The summed E-state index contributed by atoms with van der Waals surface area (Å²) in [5.74, 6) is 0.733. The minimum absolute atomic E-state index is 0.0159. The van der Waals surface area contributed by atoms with Gasteiger partial charge in [-0.3, -0.25) is 19.3 Å². The summed E-state index contributed by atoms with van der Waals surface area (Å²) in [4.78, 5) is 38.0. The Morgan fingerprint density at radius 1 is 1.03 bits per heavy atom. The lowest BCUT2D eigenvalue weighted by Crippen LogP contribution is -2.30. The predicted molar refractivity (Wildman–Crippen MR) is 116 cm³/mol. The number of rotatable bonds is 9. The number of thioether (sulfide) groups is 1. The van der Waals surface area contributed by atoms with E-state index >= 15 is 0 Å². The second-order valence-electron chi connectivity index (χ2n) is 6.91. The summed E-state index contributed by atoms with van der Waals surface area (Å²) in [6.45, 7) is 2.35. The van der Waals surface area contributed by atoms with Gasteiger partial charge in [-0.25, -0.2) is 0 Å². The van der Waals surface area contributed by atoms with Crippen LogP contribution in [0, 0.1) is 0 Å². The van der Waals surface area contributed by atoms with Crippen LogP contribution in [0.5, 0.6) is 0 Å². The fourth-order valence-corrected chi connectivity index (χ4v) is 4.15. The van der Waals surface area contributed by atoms with Crippen molar-refractivity contribution >= 4 is 41.1 Å². The van der Waals surface area contributed by atoms with Crippen LogP contribution in [-0.2, 0) is 4.79 Å². The molecule has 0 bridgehead atoms. The van der Waals surface area contributed by atoms with Crippen LogP contribution >= 0.6 is 23.4 Å². The molecule has 0 saturated heterocycles. The second-order valence-corrected chi connectivity index (χ2v) is 8.45. The molecule has 29 heavy (non-hydrogen) atoms. The number of benzene rings is 2. The molecule has 1 aliphatic rings. The molecule has 1 heterocycles. The minimum Gasteiger partial charge on any atom is -0.349 e. The van der Waals surface area contributed by atoms with E-state index in [9.17, 15) is 14.4 Å². The van der Waals surface area contributed by atoms with Crippen molar-refractivity contribution in [2.45, 2.75) is 25.8 Å². The number of amides is 3. The van der Waals surface area contributed by atoms with Gasteiger partial charge in [-0.15, -0.1) is 0 Å². The maximum Gasteiger partial charge on any atom is 0.261 e. The molecule has 1 aliphatic heterocycles. The van der Waals surface area contributed by atoms with Gasteiger partial charge in [-0.05, 0) is 55.3 Å². The van der Waals surface area contributed by atoms with E-state index in [1.54, 1.807) is 36.0 Å². The van der Waals surface area contributed by atoms with Gasteiger partial charge in [0.25, 0.3) is 11.8 Å². The second kappa shape index (κ2) is 9.94. The topological polar surface area (TPSA) is 66.5 Å². The molecule has 0 fully saturated rings. The van der Waals surface area contributed by atoms with Gasteiger partial charge < -0.3 is 5.32 Å². The Labute approximate surface area is 179 Å². The van der Waals surface area contributed by atoms with Crippen LogP contribution in [0.1, 0.15) is 52.1 Å². The lowest BCUT2D eigenvalue weighted by molar-refractivity contribution is -0.119. The van der Waals surface area contributed by atoms with Crippen LogP contribution in [0.3, 0.4) is 0 Å². The molecule has 0 spiro atoms. The zero-order valence-corrected chi connectivity index (χ0v) is 17.8. The highest BCUT2D eigenvalue weighted by Crippen LogP contribution is 2.23. The maximum atomic E-state index is 12.3. The van der Waals surface area contributed by atoms with Gasteiger partial charge in [0.05, 0.1) is 22.9 Å². The first-order valence-corrected chi connectivity index (χ1v) is 11.1. The zero-order valence-electron chi connectivity index (χ0n) is 16.2. The highest BCUT2D eigenvalue weighted by atomic mass is 35.5. The molecule has 7 heteroatoms.